The SMILES string of the molecule is CS(=O)(=O)c1c(O)c2ccccc2n(Cc2ccc(Cl)cc2)c1=O. The highest BCUT2D eigenvalue weighted by atomic mass is 35.5. The van der Waals surface area contributed by atoms with Crippen LogP contribution in [0.5, 0.6) is 5.75 Å². The second-order valence-electron chi connectivity index (χ2n) is 5.48. The number of hydrogen-bond donors (Lipinski definition) is 1. The smallest absolute Gasteiger partial charge is 0.274 e. The molecule has 0 fully saturated rings. The van der Waals surface area contributed by atoms with Gasteiger partial charge in [0, 0.05) is 16.7 Å². The molecule has 124 valence electrons. The zero-order chi connectivity index (χ0) is 17.5. The Labute approximate surface area is 143 Å². The van der Waals surface area contributed by atoms with Crippen molar-refractivity contribution in [2.24, 2.45) is 0 Å². The Bertz CT molecular complexity index is 1090. The molecular weight excluding hydrogens is 350 g/mol. The van der Waals surface area contributed by atoms with Crippen LogP contribution >= 0.6 is 11.6 Å². The van der Waals surface area contributed by atoms with Gasteiger partial charge < -0.3 is 9.67 Å². The maximum atomic E-state index is 12.7. The highest BCUT2D eigenvalue weighted by Gasteiger charge is 2.23. The van der Waals surface area contributed by atoms with Crippen molar-refractivity contribution >= 4 is 32.3 Å². The van der Waals surface area contributed by atoms with Crippen molar-refractivity contribution in [1.82, 2.24) is 4.57 Å². The number of sulfone groups is 1. The first-order valence-electron chi connectivity index (χ1n) is 7.08. The van der Waals surface area contributed by atoms with Crippen molar-refractivity contribution in [3.63, 3.8) is 0 Å². The lowest BCUT2D eigenvalue weighted by Crippen LogP contribution is -2.26. The Kier molecular flexibility index (Phi) is 4.11. The van der Waals surface area contributed by atoms with E-state index < -0.39 is 26.0 Å². The highest BCUT2D eigenvalue weighted by Crippen LogP contribution is 2.29. The second kappa shape index (κ2) is 5.96. The number of hydrogen-bond acceptors (Lipinski definition) is 4. The molecule has 0 radical (unpaired) electrons. The minimum atomic E-state index is -3.88. The third-order valence-electron chi connectivity index (χ3n) is 3.73. The Morgan fingerprint density at radius 1 is 1.08 bits per heavy atom. The lowest BCUT2D eigenvalue weighted by atomic mass is 10.1. The number of pyridine rings is 1. The van der Waals surface area contributed by atoms with E-state index in [2.05, 4.69) is 0 Å². The quantitative estimate of drug-likeness (QED) is 0.776. The van der Waals surface area contributed by atoms with Gasteiger partial charge in [0.1, 0.15) is 5.75 Å². The average molecular weight is 364 g/mol. The molecule has 0 bridgehead atoms. The first-order chi connectivity index (χ1) is 11.3. The van der Waals surface area contributed by atoms with Crippen LogP contribution in [0.1, 0.15) is 5.56 Å². The fourth-order valence-corrected chi connectivity index (χ4v) is 3.64. The van der Waals surface area contributed by atoms with Gasteiger partial charge >= 0.3 is 0 Å². The van der Waals surface area contributed by atoms with Crippen LogP contribution in [-0.4, -0.2) is 24.3 Å². The molecule has 1 heterocycles. The van der Waals surface area contributed by atoms with Gasteiger partial charge in [0.2, 0.25) is 0 Å². The zero-order valence-electron chi connectivity index (χ0n) is 12.7. The van der Waals surface area contributed by atoms with Crippen molar-refractivity contribution < 1.29 is 13.5 Å². The van der Waals surface area contributed by atoms with E-state index in [0.717, 1.165) is 11.8 Å². The standard InChI is InChI=1S/C17H14ClNO4S/c1-24(22,23)16-15(20)13-4-2-3-5-14(13)19(17(16)21)10-11-6-8-12(18)9-7-11/h2-9,20H,10H2,1H3. The number of nitrogens with zero attached hydrogens (tertiary/aromatic N) is 1. The number of para-hydroxylation sites is 1. The third kappa shape index (κ3) is 2.90. The maximum Gasteiger partial charge on any atom is 0.274 e. The molecule has 0 unspecified atom stereocenters. The van der Waals surface area contributed by atoms with Crippen molar-refractivity contribution in [2.45, 2.75) is 11.4 Å². The third-order valence-corrected chi connectivity index (χ3v) is 5.09. The first kappa shape index (κ1) is 16.5. The van der Waals surface area contributed by atoms with Crippen LogP contribution in [-0.2, 0) is 16.4 Å². The minimum absolute atomic E-state index is 0.166. The summed E-state index contributed by atoms with van der Waals surface area (Å²) in [7, 11) is -3.88. The topological polar surface area (TPSA) is 76.4 Å². The summed E-state index contributed by atoms with van der Waals surface area (Å²) in [5, 5.41) is 11.2. The minimum Gasteiger partial charge on any atom is -0.506 e. The molecule has 0 spiro atoms. The van der Waals surface area contributed by atoms with E-state index in [-0.39, 0.29) is 6.54 Å². The maximum absolute atomic E-state index is 12.7. The molecule has 0 atom stereocenters. The van der Waals surface area contributed by atoms with Crippen molar-refractivity contribution in [3.8, 4) is 5.75 Å². The van der Waals surface area contributed by atoms with Gasteiger partial charge in [-0.1, -0.05) is 35.9 Å². The van der Waals surface area contributed by atoms with Crippen molar-refractivity contribution in [2.75, 3.05) is 6.26 Å². The Morgan fingerprint density at radius 3 is 2.33 bits per heavy atom. The summed E-state index contributed by atoms with van der Waals surface area (Å²) < 4.78 is 25.3. The number of aromatic nitrogens is 1. The molecule has 1 aromatic heterocycles. The summed E-state index contributed by atoms with van der Waals surface area (Å²) in [5.41, 5.74) is 0.503. The summed E-state index contributed by atoms with van der Waals surface area (Å²) in [5.74, 6) is -0.509. The van der Waals surface area contributed by atoms with Gasteiger partial charge in [-0.3, -0.25) is 4.79 Å². The van der Waals surface area contributed by atoms with Crippen LogP contribution in [0.2, 0.25) is 5.02 Å². The summed E-state index contributed by atoms with van der Waals surface area (Å²) in [6.45, 7) is 0.166. The van der Waals surface area contributed by atoms with Gasteiger partial charge in [-0.15, -0.1) is 0 Å². The van der Waals surface area contributed by atoms with E-state index >= 15 is 0 Å². The molecule has 0 aliphatic rings. The fourth-order valence-electron chi connectivity index (χ4n) is 2.63. The van der Waals surface area contributed by atoms with Crippen molar-refractivity contribution in [1.29, 1.82) is 0 Å². The zero-order valence-corrected chi connectivity index (χ0v) is 14.3. The summed E-state index contributed by atoms with van der Waals surface area (Å²) >= 11 is 5.87. The van der Waals surface area contributed by atoms with Gasteiger partial charge in [0.05, 0.1) is 12.1 Å². The van der Waals surface area contributed by atoms with Gasteiger partial charge in [-0.2, -0.15) is 0 Å². The van der Waals surface area contributed by atoms with Gasteiger partial charge in [-0.05, 0) is 29.8 Å². The number of aromatic hydroxyl groups is 1. The predicted molar refractivity (Wildman–Crippen MR) is 93.5 cm³/mol. The average Bonchev–Trinajstić information content (AvgIpc) is 2.52. The lowest BCUT2D eigenvalue weighted by Gasteiger charge is -2.14. The number of rotatable bonds is 3. The fraction of sp³-hybridized carbons (Fsp3) is 0.118. The monoisotopic (exact) mass is 363 g/mol. The van der Waals surface area contributed by atoms with Crippen LogP contribution < -0.4 is 5.56 Å². The predicted octanol–water partition coefficient (Wildman–Crippen LogP) is 2.81. The molecule has 3 rings (SSSR count). The Morgan fingerprint density at radius 2 is 1.71 bits per heavy atom. The van der Waals surface area contributed by atoms with Gasteiger partial charge in [0.25, 0.3) is 5.56 Å². The molecule has 0 amide bonds. The van der Waals surface area contributed by atoms with Crippen LogP contribution in [0.25, 0.3) is 10.9 Å². The summed E-state index contributed by atoms with van der Waals surface area (Å²) in [6.07, 6.45) is 0.908. The first-order valence-corrected chi connectivity index (χ1v) is 9.35. The molecule has 24 heavy (non-hydrogen) atoms. The largest absolute Gasteiger partial charge is 0.506 e. The molecule has 3 aromatic rings. The Balaban J connectivity index is 2.34. The molecule has 0 aliphatic carbocycles. The molecular formula is C17H14ClNO4S. The van der Waals surface area contributed by atoms with Crippen LogP contribution in [0, 0.1) is 0 Å². The molecule has 0 saturated heterocycles. The molecule has 0 saturated carbocycles. The molecule has 7 heteroatoms. The van der Waals surface area contributed by atoms with Crippen molar-refractivity contribution in [3.05, 3.63) is 69.5 Å². The highest BCUT2D eigenvalue weighted by molar-refractivity contribution is 7.90. The molecule has 2 aromatic carbocycles. The van der Waals surface area contributed by atoms with Gasteiger partial charge in [-0.25, -0.2) is 8.42 Å². The van der Waals surface area contributed by atoms with Gasteiger partial charge in [0.15, 0.2) is 14.7 Å². The number of benzene rings is 2. The van der Waals surface area contributed by atoms with Crippen LogP contribution in [0.3, 0.4) is 0 Å². The van der Waals surface area contributed by atoms with Crippen LogP contribution in [0.15, 0.2) is 58.2 Å². The van der Waals surface area contributed by atoms with E-state index in [0.29, 0.717) is 15.9 Å². The molecule has 1 N–H and O–H groups in total. The van der Waals surface area contributed by atoms with E-state index in [1.165, 1.54) is 4.57 Å². The van der Waals surface area contributed by atoms with E-state index in [4.69, 9.17) is 11.6 Å². The number of halogens is 1. The normalized spacial score (nSPS) is 11.8. The summed E-state index contributed by atoms with van der Waals surface area (Å²) in [4.78, 5) is 12.1. The Hall–Kier alpha value is -2.31. The molecule has 5 nitrogen and oxygen atoms in total. The van der Waals surface area contributed by atoms with E-state index in [9.17, 15) is 18.3 Å². The summed E-state index contributed by atoms with van der Waals surface area (Å²) in [6, 6.07) is 13.6. The van der Waals surface area contributed by atoms with Crippen LogP contribution in [0.4, 0.5) is 0 Å². The number of fused-ring (bicyclic) bond motifs is 1. The van der Waals surface area contributed by atoms with E-state index in [1.807, 2.05) is 0 Å². The van der Waals surface area contributed by atoms with E-state index in [1.54, 1.807) is 48.5 Å². The second-order valence-corrected chi connectivity index (χ2v) is 7.87. The lowest BCUT2D eigenvalue weighted by molar-refractivity contribution is 0.460. The molecule has 0 aliphatic heterocycles.